The minimum atomic E-state index is 0.275. The second-order valence-corrected chi connectivity index (χ2v) is 5.13. The fourth-order valence-electron chi connectivity index (χ4n) is 2.15. The van der Waals surface area contributed by atoms with Crippen molar-refractivity contribution in [3.05, 3.63) is 48.0 Å². The van der Waals surface area contributed by atoms with Gasteiger partial charge in [-0.15, -0.1) is 0 Å². The fraction of sp³-hybridized carbons (Fsp3) is 0.529. The maximum absolute atomic E-state index is 8.65. The second kappa shape index (κ2) is 8.90. The van der Waals surface area contributed by atoms with Gasteiger partial charge in [-0.2, -0.15) is 0 Å². The third-order valence-corrected chi connectivity index (χ3v) is 3.39. The van der Waals surface area contributed by atoms with Crippen LogP contribution in [0.4, 0.5) is 0 Å². The third-order valence-electron chi connectivity index (χ3n) is 3.39. The molecule has 20 heavy (non-hydrogen) atoms. The molecule has 0 aromatic heterocycles. The van der Waals surface area contributed by atoms with Gasteiger partial charge in [-0.25, -0.2) is 0 Å². The number of benzene rings is 1. The Morgan fingerprint density at radius 1 is 1.10 bits per heavy atom. The maximum atomic E-state index is 8.65. The van der Waals surface area contributed by atoms with Gasteiger partial charge in [0.1, 0.15) is 6.10 Å². The highest BCUT2D eigenvalue weighted by Crippen LogP contribution is 2.27. The van der Waals surface area contributed by atoms with Crippen molar-refractivity contribution in [3.8, 4) is 0 Å². The Labute approximate surface area is 121 Å². The number of hydrogen-bond donors (Lipinski definition) is 1. The van der Waals surface area contributed by atoms with Gasteiger partial charge in [0.15, 0.2) is 0 Å². The molecule has 0 aliphatic carbocycles. The Morgan fingerprint density at radius 2 is 1.90 bits per heavy atom. The zero-order valence-electron chi connectivity index (χ0n) is 11.9. The van der Waals surface area contributed by atoms with Crippen LogP contribution in [-0.4, -0.2) is 30.5 Å². The SMILES string of the molecule is OCCC/C=C/CC[C@H]1O[C@@H]1COCc1ccccc1. The van der Waals surface area contributed by atoms with E-state index < -0.39 is 0 Å². The number of aliphatic hydroxyl groups excluding tert-OH is 1. The van der Waals surface area contributed by atoms with Gasteiger partial charge in [0, 0.05) is 6.61 Å². The molecule has 3 heteroatoms. The van der Waals surface area contributed by atoms with Crippen LogP contribution in [0.3, 0.4) is 0 Å². The highest BCUT2D eigenvalue weighted by molar-refractivity contribution is 5.13. The molecular formula is C17H24O3. The van der Waals surface area contributed by atoms with Gasteiger partial charge in [0.2, 0.25) is 0 Å². The highest BCUT2D eigenvalue weighted by atomic mass is 16.6. The standard InChI is InChI=1S/C17H24O3/c18-12-8-3-1-2-7-11-16-17(20-16)14-19-13-15-9-5-4-6-10-15/h1-2,4-6,9-10,16-18H,3,7-8,11-14H2/b2-1+/t16-,17-/m1/s1. The van der Waals surface area contributed by atoms with Crippen LogP contribution in [0.5, 0.6) is 0 Å². The van der Waals surface area contributed by atoms with E-state index >= 15 is 0 Å². The lowest BCUT2D eigenvalue weighted by Crippen LogP contribution is -2.04. The van der Waals surface area contributed by atoms with Crippen LogP contribution >= 0.6 is 0 Å². The summed E-state index contributed by atoms with van der Waals surface area (Å²) in [6, 6.07) is 10.2. The van der Waals surface area contributed by atoms with Crippen molar-refractivity contribution in [2.24, 2.45) is 0 Å². The van der Waals surface area contributed by atoms with Crippen LogP contribution in [-0.2, 0) is 16.1 Å². The first-order valence-electron chi connectivity index (χ1n) is 7.43. The lowest BCUT2D eigenvalue weighted by molar-refractivity contribution is 0.104. The molecule has 0 amide bonds. The molecule has 1 N–H and O–H groups in total. The quantitative estimate of drug-likeness (QED) is 0.406. The van der Waals surface area contributed by atoms with E-state index in [2.05, 4.69) is 24.3 Å². The molecule has 1 aliphatic heterocycles. The predicted octanol–water partition coefficient (Wildman–Crippen LogP) is 3.08. The molecule has 0 bridgehead atoms. The molecule has 1 saturated heterocycles. The topological polar surface area (TPSA) is 42.0 Å². The third kappa shape index (κ3) is 5.87. The van der Waals surface area contributed by atoms with Crippen LogP contribution in [0.15, 0.2) is 42.5 Å². The molecule has 110 valence electrons. The first-order valence-corrected chi connectivity index (χ1v) is 7.43. The summed E-state index contributed by atoms with van der Waals surface area (Å²) in [4.78, 5) is 0. The molecule has 2 rings (SSSR count). The number of hydrogen-bond acceptors (Lipinski definition) is 3. The van der Waals surface area contributed by atoms with Crippen molar-refractivity contribution in [3.63, 3.8) is 0 Å². The van der Waals surface area contributed by atoms with Crippen LogP contribution < -0.4 is 0 Å². The Hall–Kier alpha value is -1.16. The summed E-state index contributed by atoms with van der Waals surface area (Å²) >= 11 is 0. The van der Waals surface area contributed by atoms with E-state index in [4.69, 9.17) is 14.6 Å². The predicted molar refractivity (Wildman–Crippen MR) is 79.5 cm³/mol. The Kier molecular flexibility index (Phi) is 6.78. The molecule has 3 nitrogen and oxygen atoms in total. The van der Waals surface area contributed by atoms with E-state index in [0.717, 1.165) is 25.7 Å². The lowest BCUT2D eigenvalue weighted by atomic mass is 10.2. The minimum Gasteiger partial charge on any atom is -0.396 e. The summed E-state index contributed by atoms with van der Waals surface area (Å²) < 4.78 is 11.2. The summed E-state index contributed by atoms with van der Waals surface area (Å²) in [6.07, 6.45) is 8.90. The number of allylic oxidation sites excluding steroid dienone is 2. The molecule has 1 fully saturated rings. The van der Waals surface area contributed by atoms with Gasteiger partial charge >= 0.3 is 0 Å². The van der Waals surface area contributed by atoms with E-state index in [0.29, 0.717) is 19.3 Å². The monoisotopic (exact) mass is 276 g/mol. The molecule has 1 aliphatic rings. The summed E-state index contributed by atoms with van der Waals surface area (Å²) in [7, 11) is 0. The average Bonchev–Trinajstić information content (AvgIpc) is 3.22. The van der Waals surface area contributed by atoms with Crippen molar-refractivity contribution in [2.75, 3.05) is 13.2 Å². The van der Waals surface area contributed by atoms with E-state index in [1.54, 1.807) is 0 Å². The number of ether oxygens (including phenoxy) is 2. The lowest BCUT2D eigenvalue weighted by Gasteiger charge is -2.01. The van der Waals surface area contributed by atoms with Crippen molar-refractivity contribution in [2.45, 2.75) is 44.5 Å². The van der Waals surface area contributed by atoms with Gasteiger partial charge in [0.05, 0.1) is 19.3 Å². The first kappa shape index (κ1) is 15.2. The van der Waals surface area contributed by atoms with E-state index in [-0.39, 0.29) is 12.7 Å². The van der Waals surface area contributed by atoms with Gasteiger partial charge in [0.25, 0.3) is 0 Å². The molecule has 1 aromatic carbocycles. The summed E-state index contributed by atoms with van der Waals surface area (Å²) in [5.41, 5.74) is 1.21. The zero-order valence-corrected chi connectivity index (χ0v) is 11.9. The minimum absolute atomic E-state index is 0.275. The Bertz CT molecular complexity index is 388. The van der Waals surface area contributed by atoms with Crippen molar-refractivity contribution in [1.29, 1.82) is 0 Å². The number of rotatable bonds is 10. The Morgan fingerprint density at radius 3 is 2.70 bits per heavy atom. The van der Waals surface area contributed by atoms with E-state index in [1.165, 1.54) is 5.56 Å². The molecule has 0 spiro atoms. The molecule has 0 radical (unpaired) electrons. The summed E-state index contributed by atoms with van der Waals surface area (Å²) in [6.45, 7) is 1.62. The highest BCUT2D eigenvalue weighted by Gasteiger charge is 2.37. The largest absolute Gasteiger partial charge is 0.396 e. The van der Waals surface area contributed by atoms with Crippen LogP contribution in [0, 0.1) is 0 Å². The zero-order chi connectivity index (χ0) is 14.0. The second-order valence-electron chi connectivity index (χ2n) is 5.13. The molecule has 0 unspecified atom stereocenters. The first-order chi connectivity index (χ1) is 9.90. The molecule has 0 saturated carbocycles. The molecule has 1 heterocycles. The summed E-state index contributed by atoms with van der Waals surface area (Å²) in [5, 5.41) is 8.65. The van der Waals surface area contributed by atoms with Crippen molar-refractivity contribution >= 4 is 0 Å². The van der Waals surface area contributed by atoms with Gasteiger partial charge < -0.3 is 14.6 Å². The molecule has 1 aromatic rings. The van der Waals surface area contributed by atoms with Gasteiger partial charge in [-0.05, 0) is 31.2 Å². The van der Waals surface area contributed by atoms with Gasteiger partial charge in [-0.3, -0.25) is 0 Å². The number of aliphatic hydroxyl groups is 1. The smallest absolute Gasteiger partial charge is 0.107 e. The molecule has 2 atom stereocenters. The number of epoxide rings is 1. The Balaban J connectivity index is 1.48. The average molecular weight is 276 g/mol. The van der Waals surface area contributed by atoms with Crippen LogP contribution in [0.25, 0.3) is 0 Å². The molecular weight excluding hydrogens is 252 g/mol. The van der Waals surface area contributed by atoms with Gasteiger partial charge in [-0.1, -0.05) is 42.5 Å². The van der Waals surface area contributed by atoms with E-state index in [9.17, 15) is 0 Å². The van der Waals surface area contributed by atoms with Crippen LogP contribution in [0.2, 0.25) is 0 Å². The normalized spacial score (nSPS) is 21.4. The van der Waals surface area contributed by atoms with Crippen molar-refractivity contribution in [1.82, 2.24) is 0 Å². The fourth-order valence-corrected chi connectivity index (χ4v) is 2.15. The van der Waals surface area contributed by atoms with Crippen LogP contribution in [0.1, 0.15) is 31.2 Å². The number of unbranched alkanes of at least 4 members (excludes halogenated alkanes) is 1. The maximum Gasteiger partial charge on any atom is 0.107 e. The summed E-state index contributed by atoms with van der Waals surface area (Å²) in [5.74, 6) is 0. The van der Waals surface area contributed by atoms with Crippen molar-refractivity contribution < 1.29 is 14.6 Å². The van der Waals surface area contributed by atoms with E-state index in [1.807, 2.05) is 18.2 Å².